The Hall–Kier alpha value is -1.91. The van der Waals surface area contributed by atoms with Gasteiger partial charge in [-0.05, 0) is 26.0 Å². The SMILES string of the molecule is CC(C)(NC(=O)c1cccnc1)C(N)=O. The Morgan fingerprint density at radius 3 is 2.60 bits per heavy atom. The second-order valence-corrected chi connectivity index (χ2v) is 3.69. The highest BCUT2D eigenvalue weighted by Crippen LogP contribution is 2.03. The minimum absolute atomic E-state index is 0.369. The van der Waals surface area contributed by atoms with Crippen molar-refractivity contribution in [3.8, 4) is 0 Å². The maximum absolute atomic E-state index is 11.6. The lowest BCUT2D eigenvalue weighted by Crippen LogP contribution is -2.53. The molecular formula is C10H13N3O2. The van der Waals surface area contributed by atoms with Gasteiger partial charge in [-0.3, -0.25) is 14.6 Å². The summed E-state index contributed by atoms with van der Waals surface area (Å²) in [5.41, 5.74) is 4.46. The van der Waals surface area contributed by atoms with Gasteiger partial charge >= 0.3 is 0 Å². The number of carbonyl (C=O) groups is 2. The first-order chi connectivity index (χ1) is 6.93. The van der Waals surface area contributed by atoms with Crippen LogP contribution in [0.5, 0.6) is 0 Å². The number of aromatic nitrogens is 1. The Balaban J connectivity index is 2.77. The van der Waals surface area contributed by atoms with E-state index >= 15 is 0 Å². The Labute approximate surface area is 87.7 Å². The number of hydrogen-bond acceptors (Lipinski definition) is 3. The zero-order valence-corrected chi connectivity index (χ0v) is 8.65. The van der Waals surface area contributed by atoms with Gasteiger partial charge in [0.1, 0.15) is 5.54 Å². The summed E-state index contributed by atoms with van der Waals surface area (Å²) in [6.07, 6.45) is 2.99. The fourth-order valence-electron chi connectivity index (χ4n) is 0.915. The highest BCUT2D eigenvalue weighted by Gasteiger charge is 2.27. The van der Waals surface area contributed by atoms with Crippen molar-refractivity contribution in [1.82, 2.24) is 10.3 Å². The molecular weight excluding hydrogens is 194 g/mol. The number of nitrogens with two attached hydrogens (primary N) is 1. The molecule has 0 aliphatic rings. The van der Waals surface area contributed by atoms with Crippen LogP contribution in [0.25, 0.3) is 0 Å². The van der Waals surface area contributed by atoms with Crippen molar-refractivity contribution in [2.75, 3.05) is 0 Å². The van der Waals surface area contributed by atoms with Gasteiger partial charge in [-0.1, -0.05) is 0 Å². The van der Waals surface area contributed by atoms with Gasteiger partial charge in [0.15, 0.2) is 0 Å². The highest BCUT2D eigenvalue weighted by atomic mass is 16.2. The van der Waals surface area contributed by atoms with E-state index in [0.717, 1.165) is 0 Å². The van der Waals surface area contributed by atoms with E-state index in [2.05, 4.69) is 10.3 Å². The third-order valence-corrected chi connectivity index (χ3v) is 1.97. The van der Waals surface area contributed by atoms with Gasteiger partial charge in [-0.15, -0.1) is 0 Å². The average Bonchev–Trinajstić information content (AvgIpc) is 2.18. The highest BCUT2D eigenvalue weighted by molar-refractivity contribution is 5.98. The number of carbonyl (C=O) groups excluding carboxylic acids is 2. The van der Waals surface area contributed by atoms with E-state index in [4.69, 9.17) is 5.73 Å². The Morgan fingerprint density at radius 2 is 2.13 bits per heavy atom. The molecule has 15 heavy (non-hydrogen) atoms. The molecule has 0 atom stereocenters. The summed E-state index contributed by atoms with van der Waals surface area (Å²) in [5, 5.41) is 2.52. The molecule has 2 amide bonds. The van der Waals surface area contributed by atoms with Crippen LogP contribution in [0.4, 0.5) is 0 Å². The molecule has 0 unspecified atom stereocenters. The molecule has 1 rings (SSSR count). The summed E-state index contributed by atoms with van der Waals surface area (Å²) in [7, 11) is 0. The maximum Gasteiger partial charge on any atom is 0.253 e. The van der Waals surface area contributed by atoms with Crippen LogP contribution in [0.2, 0.25) is 0 Å². The van der Waals surface area contributed by atoms with Crippen molar-refractivity contribution in [1.29, 1.82) is 0 Å². The van der Waals surface area contributed by atoms with Crippen LogP contribution >= 0.6 is 0 Å². The van der Waals surface area contributed by atoms with Crippen LogP contribution < -0.4 is 11.1 Å². The molecule has 0 spiro atoms. The van der Waals surface area contributed by atoms with Gasteiger partial charge in [0.25, 0.3) is 5.91 Å². The van der Waals surface area contributed by atoms with Gasteiger partial charge in [-0.2, -0.15) is 0 Å². The van der Waals surface area contributed by atoms with E-state index < -0.39 is 11.4 Å². The summed E-state index contributed by atoms with van der Waals surface area (Å²) in [4.78, 5) is 26.4. The van der Waals surface area contributed by atoms with Crippen LogP contribution in [-0.4, -0.2) is 22.3 Å². The molecule has 5 nitrogen and oxygen atoms in total. The lowest BCUT2D eigenvalue weighted by Gasteiger charge is -2.21. The third-order valence-electron chi connectivity index (χ3n) is 1.97. The Bertz CT molecular complexity index is 374. The number of nitrogens with one attached hydrogen (secondary N) is 1. The topological polar surface area (TPSA) is 85.1 Å². The summed E-state index contributed by atoms with van der Waals surface area (Å²) in [5.74, 6) is -0.952. The predicted octanol–water partition coefficient (Wildman–Crippen LogP) is 0.0753. The largest absolute Gasteiger partial charge is 0.368 e. The van der Waals surface area contributed by atoms with Crippen LogP contribution in [0.3, 0.4) is 0 Å². The first-order valence-electron chi connectivity index (χ1n) is 4.46. The zero-order chi connectivity index (χ0) is 11.5. The second-order valence-electron chi connectivity index (χ2n) is 3.69. The van der Waals surface area contributed by atoms with E-state index in [9.17, 15) is 9.59 Å². The number of rotatable bonds is 3. The lowest BCUT2D eigenvalue weighted by atomic mass is 10.0. The molecule has 0 saturated heterocycles. The van der Waals surface area contributed by atoms with Crippen LogP contribution in [0.1, 0.15) is 24.2 Å². The molecule has 5 heteroatoms. The van der Waals surface area contributed by atoms with E-state index in [1.54, 1.807) is 32.2 Å². The monoisotopic (exact) mass is 207 g/mol. The molecule has 0 aromatic carbocycles. The number of primary amides is 1. The van der Waals surface area contributed by atoms with Crippen molar-refractivity contribution < 1.29 is 9.59 Å². The van der Waals surface area contributed by atoms with E-state index in [-0.39, 0.29) is 5.91 Å². The fraction of sp³-hybridized carbons (Fsp3) is 0.300. The standard InChI is InChI=1S/C10H13N3O2/c1-10(2,9(11)15)13-8(14)7-4-3-5-12-6-7/h3-6H,1-2H3,(H2,11,15)(H,13,14). The minimum atomic E-state index is -1.06. The molecule has 80 valence electrons. The van der Waals surface area contributed by atoms with Gasteiger partial charge < -0.3 is 11.1 Å². The number of pyridine rings is 1. The quantitative estimate of drug-likeness (QED) is 0.735. The molecule has 0 aliphatic heterocycles. The number of nitrogens with zero attached hydrogens (tertiary/aromatic N) is 1. The Kier molecular flexibility index (Phi) is 3.04. The van der Waals surface area contributed by atoms with Gasteiger partial charge in [0, 0.05) is 12.4 Å². The molecule has 0 fully saturated rings. The number of amides is 2. The first-order valence-corrected chi connectivity index (χ1v) is 4.46. The molecule has 0 bridgehead atoms. The normalized spacial score (nSPS) is 10.8. The van der Waals surface area contributed by atoms with Gasteiger partial charge in [-0.25, -0.2) is 0 Å². The van der Waals surface area contributed by atoms with Crippen LogP contribution in [0, 0.1) is 0 Å². The molecule has 3 N–H and O–H groups in total. The Morgan fingerprint density at radius 1 is 1.47 bits per heavy atom. The van der Waals surface area contributed by atoms with Crippen molar-refractivity contribution in [2.24, 2.45) is 5.73 Å². The van der Waals surface area contributed by atoms with Crippen molar-refractivity contribution in [3.63, 3.8) is 0 Å². The average molecular weight is 207 g/mol. The molecule has 1 aromatic rings. The summed E-state index contributed by atoms with van der Waals surface area (Å²) >= 11 is 0. The van der Waals surface area contributed by atoms with E-state index in [1.807, 2.05) is 0 Å². The van der Waals surface area contributed by atoms with E-state index in [0.29, 0.717) is 5.56 Å². The van der Waals surface area contributed by atoms with Gasteiger partial charge in [0.2, 0.25) is 5.91 Å². The summed E-state index contributed by atoms with van der Waals surface area (Å²) < 4.78 is 0. The van der Waals surface area contributed by atoms with Crippen LogP contribution in [-0.2, 0) is 4.79 Å². The van der Waals surface area contributed by atoms with Crippen molar-refractivity contribution >= 4 is 11.8 Å². The van der Waals surface area contributed by atoms with Gasteiger partial charge in [0.05, 0.1) is 5.56 Å². The molecule has 0 radical (unpaired) electrons. The third kappa shape index (κ3) is 2.77. The predicted molar refractivity (Wildman–Crippen MR) is 55.0 cm³/mol. The van der Waals surface area contributed by atoms with Crippen molar-refractivity contribution in [2.45, 2.75) is 19.4 Å². The maximum atomic E-state index is 11.6. The fourth-order valence-corrected chi connectivity index (χ4v) is 0.915. The summed E-state index contributed by atoms with van der Waals surface area (Å²) in [6, 6.07) is 3.26. The minimum Gasteiger partial charge on any atom is -0.368 e. The smallest absolute Gasteiger partial charge is 0.253 e. The number of hydrogen-bond donors (Lipinski definition) is 2. The van der Waals surface area contributed by atoms with Crippen molar-refractivity contribution in [3.05, 3.63) is 30.1 Å². The zero-order valence-electron chi connectivity index (χ0n) is 8.65. The molecule has 0 saturated carbocycles. The molecule has 1 heterocycles. The molecule has 1 aromatic heterocycles. The first kappa shape index (κ1) is 11.2. The van der Waals surface area contributed by atoms with Crippen LogP contribution in [0.15, 0.2) is 24.5 Å². The second kappa shape index (κ2) is 4.08. The summed E-state index contributed by atoms with van der Waals surface area (Å²) in [6.45, 7) is 3.09. The lowest BCUT2D eigenvalue weighted by molar-refractivity contribution is -0.122. The van der Waals surface area contributed by atoms with E-state index in [1.165, 1.54) is 6.20 Å². The molecule has 0 aliphatic carbocycles.